The van der Waals surface area contributed by atoms with Crippen LogP contribution < -0.4 is 0 Å². The topological polar surface area (TPSA) is 61.2 Å². The van der Waals surface area contributed by atoms with Gasteiger partial charge in [0.25, 0.3) is 0 Å². The van der Waals surface area contributed by atoms with Crippen LogP contribution in [0, 0.1) is 11.3 Å². The third-order valence-corrected chi connectivity index (χ3v) is 5.49. The molecule has 1 aliphatic rings. The number of rotatable bonds is 2. The van der Waals surface area contributed by atoms with E-state index in [0.29, 0.717) is 13.1 Å². The summed E-state index contributed by atoms with van der Waals surface area (Å²) in [6.07, 6.45) is 3.90. The largest absolute Gasteiger partial charge is 0.243 e. The van der Waals surface area contributed by atoms with E-state index >= 15 is 0 Å². The van der Waals surface area contributed by atoms with Crippen molar-refractivity contribution in [3.05, 3.63) is 28.8 Å². The van der Waals surface area contributed by atoms with Gasteiger partial charge >= 0.3 is 0 Å². The second-order valence-electron chi connectivity index (χ2n) is 4.57. The molecule has 2 rings (SSSR count). The number of hydrogen-bond donors (Lipinski definition) is 0. The third-order valence-electron chi connectivity index (χ3n) is 3.26. The minimum absolute atomic E-state index is 0.148. The highest BCUT2D eigenvalue weighted by atomic mass is 35.5. The molecule has 102 valence electrons. The molecule has 1 aromatic carbocycles. The Morgan fingerprint density at radius 3 is 2.37 bits per heavy atom. The van der Waals surface area contributed by atoms with Gasteiger partial charge in [0, 0.05) is 13.1 Å². The molecule has 6 heteroatoms. The smallest absolute Gasteiger partial charge is 0.207 e. The van der Waals surface area contributed by atoms with Crippen molar-refractivity contribution < 1.29 is 8.42 Å². The zero-order chi connectivity index (χ0) is 13.9. The predicted molar refractivity (Wildman–Crippen MR) is 73.4 cm³/mol. The molecule has 19 heavy (non-hydrogen) atoms. The van der Waals surface area contributed by atoms with E-state index in [-0.39, 0.29) is 15.5 Å². The number of sulfonamides is 1. The van der Waals surface area contributed by atoms with Crippen LogP contribution in [-0.4, -0.2) is 25.8 Å². The molecule has 1 aliphatic heterocycles. The lowest BCUT2D eigenvalue weighted by Gasteiger charge is -2.20. The molecular weight excluding hydrogens is 284 g/mol. The van der Waals surface area contributed by atoms with Gasteiger partial charge in [-0.2, -0.15) is 9.57 Å². The van der Waals surface area contributed by atoms with E-state index in [1.807, 2.05) is 6.07 Å². The van der Waals surface area contributed by atoms with Crippen LogP contribution in [0.4, 0.5) is 0 Å². The molecule has 1 aromatic rings. The van der Waals surface area contributed by atoms with Crippen molar-refractivity contribution in [2.75, 3.05) is 13.1 Å². The molecular formula is C13H15ClN2O2S. The summed E-state index contributed by atoms with van der Waals surface area (Å²) >= 11 is 5.83. The van der Waals surface area contributed by atoms with Crippen LogP contribution >= 0.6 is 11.6 Å². The van der Waals surface area contributed by atoms with Crippen molar-refractivity contribution in [2.45, 2.75) is 30.6 Å². The highest BCUT2D eigenvalue weighted by Crippen LogP contribution is 2.24. The minimum atomic E-state index is -3.51. The predicted octanol–water partition coefficient (Wildman–Crippen LogP) is 2.78. The standard InChI is InChI=1S/C13H15ClN2O2S/c14-13-6-5-12(9-11(13)10-15)19(17,18)16-7-3-1-2-4-8-16/h5-6,9H,1-4,7-8H2. The van der Waals surface area contributed by atoms with Crippen LogP contribution in [0.25, 0.3) is 0 Å². The Balaban J connectivity index is 2.36. The fraction of sp³-hybridized carbons (Fsp3) is 0.462. The van der Waals surface area contributed by atoms with Crippen LogP contribution in [0.15, 0.2) is 23.1 Å². The van der Waals surface area contributed by atoms with E-state index in [1.54, 1.807) is 0 Å². The summed E-state index contributed by atoms with van der Waals surface area (Å²) in [7, 11) is -3.51. The number of halogens is 1. The highest BCUT2D eigenvalue weighted by molar-refractivity contribution is 7.89. The van der Waals surface area contributed by atoms with Gasteiger partial charge in [-0.3, -0.25) is 0 Å². The Morgan fingerprint density at radius 2 is 1.79 bits per heavy atom. The highest BCUT2D eigenvalue weighted by Gasteiger charge is 2.25. The average molecular weight is 299 g/mol. The van der Waals surface area contributed by atoms with Crippen LogP contribution in [0.3, 0.4) is 0 Å². The summed E-state index contributed by atoms with van der Waals surface area (Å²) in [6.45, 7) is 1.10. The van der Waals surface area contributed by atoms with Gasteiger partial charge < -0.3 is 0 Å². The fourth-order valence-electron chi connectivity index (χ4n) is 2.18. The molecule has 1 saturated heterocycles. The molecule has 1 fully saturated rings. The van der Waals surface area contributed by atoms with Crippen molar-refractivity contribution >= 4 is 21.6 Å². The van der Waals surface area contributed by atoms with E-state index in [9.17, 15) is 8.42 Å². The van der Waals surface area contributed by atoms with Crippen LogP contribution in [-0.2, 0) is 10.0 Å². The molecule has 0 aliphatic carbocycles. The van der Waals surface area contributed by atoms with Gasteiger partial charge in [-0.15, -0.1) is 0 Å². The molecule has 0 radical (unpaired) electrons. The van der Waals surface area contributed by atoms with E-state index in [2.05, 4.69) is 0 Å². The Labute approximate surface area is 118 Å². The van der Waals surface area contributed by atoms with E-state index in [4.69, 9.17) is 16.9 Å². The summed E-state index contributed by atoms with van der Waals surface area (Å²) in [4.78, 5) is 0.148. The third kappa shape index (κ3) is 3.08. The van der Waals surface area contributed by atoms with Crippen molar-refractivity contribution in [3.8, 4) is 6.07 Å². The van der Waals surface area contributed by atoms with Gasteiger partial charge in [0.05, 0.1) is 15.5 Å². The normalized spacial score (nSPS) is 17.7. The molecule has 4 nitrogen and oxygen atoms in total. The first kappa shape index (κ1) is 14.3. The number of hydrogen-bond acceptors (Lipinski definition) is 3. The molecule has 0 spiro atoms. The summed E-state index contributed by atoms with van der Waals surface area (Å²) in [5.41, 5.74) is 0.192. The Bertz CT molecular complexity index is 600. The van der Waals surface area contributed by atoms with Gasteiger partial charge in [0.2, 0.25) is 10.0 Å². The molecule has 0 saturated carbocycles. The number of nitriles is 1. The summed E-state index contributed by atoms with van der Waals surface area (Å²) in [5, 5.41) is 9.20. The second kappa shape index (κ2) is 5.91. The molecule has 0 unspecified atom stereocenters. The number of benzene rings is 1. The molecule has 0 aromatic heterocycles. The fourth-order valence-corrected chi connectivity index (χ4v) is 3.89. The van der Waals surface area contributed by atoms with E-state index in [0.717, 1.165) is 25.7 Å². The molecule has 0 bridgehead atoms. The minimum Gasteiger partial charge on any atom is -0.207 e. The zero-order valence-electron chi connectivity index (χ0n) is 10.5. The van der Waals surface area contributed by atoms with Crippen molar-refractivity contribution in [3.63, 3.8) is 0 Å². The van der Waals surface area contributed by atoms with Crippen molar-refractivity contribution in [1.82, 2.24) is 4.31 Å². The van der Waals surface area contributed by atoms with Crippen molar-refractivity contribution in [1.29, 1.82) is 5.26 Å². The lowest BCUT2D eigenvalue weighted by atomic mass is 10.2. The monoisotopic (exact) mass is 298 g/mol. The van der Waals surface area contributed by atoms with Crippen LogP contribution in [0.5, 0.6) is 0 Å². The van der Waals surface area contributed by atoms with Gasteiger partial charge in [0.1, 0.15) is 6.07 Å². The van der Waals surface area contributed by atoms with Gasteiger partial charge in [0.15, 0.2) is 0 Å². The molecule has 0 amide bonds. The summed E-state index contributed by atoms with van der Waals surface area (Å²) in [5.74, 6) is 0. The van der Waals surface area contributed by atoms with Gasteiger partial charge in [-0.1, -0.05) is 24.4 Å². The van der Waals surface area contributed by atoms with Crippen molar-refractivity contribution in [2.24, 2.45) is 0 Å². The van der Waals surface area contributed by atoms with Gasteiger partial charge in [-0.25, -0.2) is 8.42 Å². The SMILES string of the molecule is N#Cc1cc(S(=O)(=O)N2CCCCCC2)ccc1Cl. The summed E-state index contributed by atoms with van der Waals surface area (Å²) in [6, 6.07) is 6.18. The van der Waals surface area contributed by atoms with Gasteiger partial charge in [-0.05, 0) is 31.0 Å². The first-order valence-electron chi connectivity index (χ1n) is 6.25. The Hall–Kier alpha value is -1.09. The number of nitrogens with zero attached hydrogens (tertiary/aromatic N) is 2. The van der Waals surface area contributed by atoms with E-state index in [1.165, 1.54) is 22.5 Å². The van der Waals surface area contributed by atoms with E-state index < -0.39 is 10.0 Å². The summed E-state index contributed by atoms with van der Waals surface area (Å²) < 4.78 is 26.5. The first-order chi connectivity index (χ1) is 9.05. The van der Waals surface area contributed by atoms with Crippen LogP contribution in [0.2, 0.25) is 5.02 Å². The zero-order valence-corrected chi connectivity index (χ0v) is 12.0. The lowest BCUT2D eigenvalue weighted by molar-refractivity contribution is 0.423. The second-order valence-corrected chi connectivity index (χ2v) is 6.92. The molecule has 1 heterocycles. The maximum atomic E-state index is 12.5. The Morgan fingerprint density at radius 1 is 1.16 bits per heavy atom. The average Bonchev–Trinajstić information content (AvgIpc) is 2.68. The van der Waals surface area contributed by atoms with Crippen LogP contribution in [0.1, 0.15) is 31.2 Å². The Kier molecular flexibility index (Phi) is 4.46. The quantitative estimate of drug-likeness (QED) is 0.843. The lowest BCUT2D eigenvalue weighted by Crippen LogP contribution is -2.31. The maximum Gasteiger partial charge on any atom is 0.243 e. The molecule has 0 atom stereocenters. The first-order valence-corrected chi connectivity index (χ1v) is 8.07. The molecule has 0 N–H and O–H groups in total. The maximum absolute atomic E-state index is 12.5.